The average Bonchev–Trinajstić information content (AvgIpc) is 2.29. The van der Waals surface area contributed by atoms with Crippen LogP contribution >= 0.6 is 11.8 Å². The highest BCUT2D eigenvalue weighted by Crippen LogP contribution is 2.10. The molecule has 0 unspecified atom stereocenters. The van der Waals surface area contributed by atoms with Crippen molar-refractivity contribution in [3.63, 3.8) is 0 Å². The van der Waals surface area contributed by atoms with Crippen LogP contribution in [0.3, 0.4) is 0 Å². The maximum Gasteiger partial charge on any atom is 0.162 e. The fraction of sp³-hybridized carbons (Fsp3) is 0.462. The molecule has 16 heavy (non-hydrogen) atoms. The van der Waals surface area contributed by atoms with Gasteiger partial charge in [0, 0.05) is 12.0 Å². The fourth-order valence-electron chi connectivity index (χ4n) is 1.36. The zero-order valence-electron chi connectivity index (χ0n) is 9.54. The van der Waals surface area contributed by atoms with Crippen LogP contribution in [0.5, 0.6) is 0 Å². The molecule has 1 aromatic rings. The van der Waals surface area contributed by atoms with E-state index in [0.29, 0.717) is 12.0 Å². The van der Waals surface area contributed by atoms with Crippen molar-refractivity contribution in [3.05, 3.63) is 35.6 Å². The number of hydrogen-bond acceptors (Lipinski definition) is 2. The minimum atomic E-state index is -0.296. The van der Waals surface area contributed by atoms with Crippen LogP contribution in [0.4, 0.5) is 4.39 Å². The van der Waals surface area contributed by atoms with Crippen LogP contribution in [0.25, 0.3) is 0 Å². The summed E-state index contributed by atoms with van der Waals surface area (Å²) in [5.74, 6) is 2.00. The number of ketones is 1. The Labute approximate surface area is 100 Å². The van der Waals surface area contributed by atoms with Gasteiger partial charge < -0.3 is 0 Å². The quantitative estimate of drug-likeness (QED) is 0.530. The molecule has 88 valence electrons. The van der Waals surface area contributed by atoms with E-state index in [1.54, 1.807) is 12.1 Å². The van der Waals surface area contributed by atoms with Crippen molar-refractivity contribution in [3.8, 4) is 0 Å². The Bertz CT molecular complexity index is 321. The number of Topliss-reactive ketones (excluding diaryl/α,β-unsaturated/α-hetero) is 1. The second-order valence-electron chi connectivity index (χ2n) is 3.65. The van der Waals surface area contributed by atoms with Crippen LogP contribution in [-0.2, 0) is 0 Å². The van der Waals surface area contributed by atoms with Gasteiger partial charge in [-0.2, -0.15) is 11.8 Å². The van der Waals surface area contributed by atoms with Crippen molar-refractivity contribution in [2.75, 3.05) is 11.5 Å². The zero-order chi connectivity index (χ0) is 11.8. The largest absolute Gasteiger partial charge is 0.294 e. The third kappa shape index (κ3) is 4.79. The highest BCUT2D eigenvalue weighted by atomic mass is 32.2. The number of halogens is 1. The normalized spacial score (nSPS) is 10.4. The Kier molecular flexibility index (Phi) is 6.16. The summed E-state index contributed by atoms with van der Waals surface area (Å²) in [6.45, 7) is 2.15. The van der Waals surface area contributed by atoms with Crippen molar-refractivity contribution < 1.29 is 9.18 Å². The van der Waals surface area contributed by atoms with E-state index >= 15 is 0 Å². The van der Waals surface area contributed by atoms with Gasteiger partial charge in [-0.25, -0.2) is 4.39 Å². The Morgan fingerprint density at radius 1 is 1.25 bits per heavy atom. The molecule has 1 rings (SSSR count). The summed E-state index contributed by atoms with van der Waals surface area (Å²) in [4.78, 5) is 11.7. The molecule has 0 aliphatic rings. The van der Waals surface area contributed by atoms with Crippen molar-refractivity contribution in [2.24, 2.45) is 0 Å². The molecule has 0 saturated heterocycles. The molecule has 0 aliphatic heterocycles. The molecule has 0 heterocycles. The van der Waals surface area contributed by atoms with Gasteiger partial charge in [-0.05, 0) is 48.6 Å². The summed E-state index contributed by atoms with van der Waals surface area (Å²) in [6, 6.07) is 5.77. The lowest BCUT2D eigenvalue weighted by molar-refractivity contribution is 0.0982. The van der Waals surface area contributed by atoms with Gasteiger partial charge in [0.05, 0.1) is 0 Å². The minimum absolute atomic E-state index is 0.108. The first-order valence-electron chi connectivity index (χ1n) is 5.60. The maximum atomic E-state index is 12.6. The molecule has 3 heteroatoms. The lowest BCUT2D eigenvalue weighted by Crippen LogP contribution is -1.99. The minimum Gasteiger partial charge on any atom is -0.294 e. The SMILES string of the molecule is CCCSCCCC(=O)c1ccc(F)cc1. The van der Waals surface area contributed by atoms with Crippen molar-refractivity contribution in [1.82, 2.24) is 0 Å². The number of rotatable bonds is 7. The van der Waals surface area contributed by atoms with Gasteiger partial charge in [0.1, 0.15) is 5.82 Å². The van der Waals surface area contributed by atoms with E-state index in [9.17, 15) is 9.18 Å². The molecule has 0 saturated carbocycles. The second-order valence-corrected chi connectivity index (χ2v) is 4.87. The molecule has 1 aromatic carbocycles. The van der Waals surface area contributed by atoms with Crippen molar-refractivity contribution in [2.45, 2.75) is 26.2 Å². The first-order valence-corrected chi connectivity index (χ1v) is 6.76. The predicted octanol–water partition coefficient (Wildman–Crippen LogP) is 3.93. The molecule has 0 fully saturated rings. The summed E-state index contributed by atoms with van der Waals surface area (Å²) in [7, 11) is 0. The first-order chi connectivity index (χ1) is 7.74. The van der Waals surface area contributed by atoms with Gasteiger partial charge in [0.25, 0.3) is 0 Å². The Morgan fingerprint density at radius 2 is 1.94 bits per heavy atom. The highest BCUT2D eigenvalue weighted by molar-refractivity contribution is 7.99. The van der Waals surface area contributed by atoms with Gasteiger partial charge in [0.2, 0.25) is 0 Å². The number of carbonyl (C=O) groups is 1. The van der Waals surface area contributed by atoms with Crippen LogP contribution in [-0.4, -0.2) is 17.3 Å². The number of carbonyl (C=O) groups excluding carboxylic acids is 1. The van der Waals surface area contributed by atoms with Crippen LogP contribution in [0.15, 0.2) is 24.3 Å². The summed E-state index contributed by atoms with van der Waals surface area (Å²) < 4.78 is 12.6. The molecule has 0 spiro atoms. The topological polar surface area (TPSA) is 17.1 Å². The van der Waals surface area contributed by atoms with Gasteiger partial charge in [-0.1, -0.05) is 6.92 Å². The zero-order valence-corrected chi connectivity index (χ0v) is 10.4. The summed E-state index contributed by atoms with van der Waals surface area (Å²) in [5.41, 5.74) is 0.613. The summed E-state index contributed by atoms with van der Waals surface area (Å²) in [6.07, 6.45) is 2.64. The van der Waals surface area contributed by atoms with Crippen LogP contribution < -0.4 is 0 Å². The van der Waals surface area contributed by atoms with E-state index in [1.807, 2.05) is 11.8 Å². The first kappa shape index (κ1) is 13.2. The molecular weight excluding hydrogens is 223 g/mol. The smallest absolute Gasteiger partial charge is 0.162 e. The molecule has 0 aliphatic carbocycles. The third-order valence-electron chi connectivity index (χ3n) is 2.21. The van der Waals surface area contributed by atoms with Gasteiger partial charge in [0.15, 0.2) is 5.78 Å². The van der Waals surface area contributed by atoms with Crippen LogP contribution in [0.1, 0.15) is 36.5 Å². The van der Waals surface area contributed by atoms with E-state index in [4.69, 9.17) is 0 Å². The monoisotopic (exact) mass is 240 g/mol. The van der Waals surface area contributed by atoms with Crippen LogP contribution in [0, 0.1) is 5.82 Å². The van der Waals surface area contributed by atoms with Gasteiger partial charge in [-0.3, -0.25) is 4.79 Å². The third-order valence-corrected chi connectivity index (χ3v) is 3.48. The number of thioether (sulfide) groups is 1. The molecule has 0 atom stereocenters. The maximum absolute atomic E-state index is 12.6. The Balaban J connectivity index is 2.27. The van der Waals surface area contributed by atoms with E-state index in [1.165, 1.54) is 18.6 Å². The van der Waals surface area contributed by atoms with E-state index < -0.39 is 0 Å². The van der Waals surface area contributed by atoms with E-state index in [0.717, 1.165) is 17.9 Å². The Morgan fingerprint density at radius 3 is 2.56 bits per heavy atom. The highest BCUT2D eigenvalue weighted by Gasteiger charge is 2.05. The van der Waals surface area contributed by atoms with Crippen LogP contribution in [0.2, 0.25) is 0 Å². The van der Waals surface area contributed by atoms with E-state index in [-0.39, 0.29) is 11.6 Å². The number of hydrogen-bond donors (Lipinski definition) is 0. The lowest BCUT2D eigenvalue weighted by Gasteiger charge is -2.01. The fourth-order valence-corrected chi connectivity index (χ4v) is 2.20. The van der Waals surface area contributed by atoms with Gasteiger partial charge in [-0.15, -0.1) is 0 Å². The molecule has 0 aromatic heterocycles. The molecule has 0 bridgehead atoms. The lowest BCUT2D eigenvalue weighted by atomic mass is 10.1. The number of benzene rings is 1. The molecule has 0 amide bonds. The molecule has 0 N–H and O–H groups in total. The summed E-state index contributed by atoms with van der Waals surface area (Å²) in [5, 5.41) is 0. The van der Waals surface area contributed by atoms with E-state index in [2.05, 4.69) is 6.92 Å². The Hall–Kier alpha value is -0.830. The van der Waals surface area contributed by atoms with Gasteiger partial charge >= 0.3 is 0 Å². The molecular formula is C13H17FOS. The van der Waals surface area contributed by atoms with Crippen molar-refractivity contribution in [1.29, 1.82) is 0 Å². The standard InChI is InChI=1S/C13H17FOS/c1-2-9-16-10-3-4-13(15)11-5-7-12(14)8-6-11/h5-8H,2-4,9-10H2,1H3. The van der Waals surface area contributed by atoms with Crippen molar-refractivity contribution >= 4 is 17.5 Å². The molecule has 0 radical (unpaired) electrons. The predicted molar refractivity (Wildman–Crippen MR) is 67.6 cm³/mol. The second kappa shape index (κ2) is 7.44. The summed E-state index contributed by atoms with van der Waals surface area (Å²) >= 11 is 1.88. The molecule has 1 nitrogen and oxygen atoms in total. The average molecular weight is 240 g/mol.